The monoisotopic (exact) mass is 254 g/mol. The topological polar surface area (TPSA) is 42.0 Å². The van der Waals surface area contributed by atoms with Crippen LogP contribution < -0.4 is 5.32 Å². The molecule has 0 aliphatic carbocycles. The Kier molecular flexibility index (Phi) is 3.90. The molecule has 1 atom stereocenters. The van der Waals surface area contributed by atoms with Crippen molar-refractivity contribution in [3.05, 3.63) is 24.3 Å². The maximum Gasteiger partial charge on any atom is 0.117 e. The Balaban J connectivity index is 2.02. The van der Waals surface area contributed by atoms with E-state index in [-0.39, 0.29) is 0 Å². The average Bonchev–Trinajstić information content (AvgIpc) is 2.73. The van der Waals surface area contributed by atoms with Gasteiger partial charge < -0.3 is 5.32 Å². The van der Waals surface area contributed by atoms with E-state index in [0.717, 1.165) is 28.2 Å². The Morgan fingerprint density at radius 1 is 1.44 bits per heavy atom. The third-order valence-electron chi connectivity index (χ3n) is 2.32. The Labute approximate surface area is 101 Å². The van der Waals surface area contributed by atoms with Gasteiger partial charge in [-0.05, 0) is 23.7 Å². The normalized spacial score (nSPS) is 12.8. The van der Waals surface area contributed by atoms with Crippen LogP contribution in [0.3, 0.4) is 0 Å². The van der Waals surface area contributed by atoms with Crippen LogP contribution >= 0.6 is 11.5 Å². The third kappa shape index (κ3) is 2.59. The summed E-state index contributed by atoms with van der Waals surface area (Å²) in [5, 5.41) is 5.52. The van der Waals surface area contributed by atoms with Crippen LogP contribution in [0, 0.1) is 0 Å². The molecule has 5 heteroatoms. The first-order valence-corrected chi connectivity index (χ1v) is 7.50. The standard InChI is InChI=1S/C11H14N2OS2/c1-2-16(14)8-7-12-11-9-5-3-4-6-10(9)13-15-11/h3-6,12H,2,7-8H2,1H3. The van der Waals surface area contributed by atoms with E-state index in [0.29, 0.717) is 5.75 Å². The minimum absolute atomic E-state index is 0.697. The minimum Gasteiger partial charge on any atom is -0.374 e. The van der Waals surface area contributed by atoms with E-state index in [2.05, 4.69) is 15.8 Å². The number of fused-ring (bicyclic) bond motifs is 1. The Hall–Kier alpha value is -0.940. The fourth-order valence-corrected chi connectivity index (χ4v) is 2.84. The Bertz CT molecular complexity index is 495. The van der Waals surface area contributed by atoms with E-state index in [1.54, 1.807) is 0 Å². The molecular weight excluding hydrogens is 240 g/mol. The lowest BCUT2D eigenvalue weighted by Crippen LogP contribution is -2.11. The summed E-state index contributed by atoms with van der Waals surface area (Å²) in [6.45, 7) is 2.69. The van der Waals surface area contributed by atoms with Gasteiger partial charge in [-0.2, -0.15) is 4.37 Å². The summed E-state index contributed by atoms with van der Waals surface area (Å²) in [5.41, 5.74) is 1.02. The molecule has 1 aromatic heterocycles. The van der Waals surface area contributed by atoms with Crippen LogP contribution in [0.2, 0.25) is 0 Å². The fourth-order valence-electron chi connectivity index (χ4n) is 1.44. The number of anilines is 1. The summed E-state index contributed by atoms with van der Waals surface area (Å²) in [7, 11) is -0.700. The maximum absolute atomic E-state index is 11.3. The molecule has 0 aliphatic rings. The highest BCUT2D eigenvalue weighted by atomic mass is 32.2. The number of aromatic nitrogens is 1. The molecule has 1 N–H and O–H groups in total. The van der Waals surface area contributed by atoms with E-state index in [4.69, 9.17) is 0 Å². The molecule has 2 aromatic rings. The molecule has 0 saturated heterocycles. The minimum atomic E-state index is -0.700. The number of rotatable bonds is 5. The highest BCUT2D eigenvalue weighted by molar-refractivity contribution is 7.84. The first-order chi connectivity index (χ1) is 7.81. The first-order valence-electron chi connectivity index (χ1n) is 5.24. The molecule has 0 radical (unpaired) electrons. The molecule has 3 nitrogen and oxygen atoms in total. The zero-order valence-electron chi connectivity index (χ0n) is 9.10. The average molecular weight is 254 g/mol. The van der Waals surface area contributed by atoms with Crippen molar-refractivity contribution in [2.24, 2.45) is 0 Å². The van der Waals surface area contributed by atoms with Crippen LogP contribution in [0.1, 0.15) is 6.92 Å². The van der Waals surface area contributed by atoms with E-state index >= 15 is 0 Å². The highest BCUT2D eigenvalue weighted by Crippen LogP contribution is 2.26. The molecule has 1 aromatic carbocycles. The van der Waals surface area contributed by atoms with Crippen LogP contribution in [-0.2, 0) is 10.8 Å². The summed E-state index contributed by atoms with van der Waals surface area (Å²) in [6.07, 6.45) is 0. The van der Waals surface area contributed by atoms with Crippen molar-refractivity contribution in [2.45, 2.75) is 6.92 Å². The third-order valence-corrected chi connectivity index (χ3v) is 4.46. The van der Waals surface area contributed by atoms with Crippen LogP contribution in [0.25, 0.3) is 10.9 Å². The molecule has 0 bridgehead atoms. The summed E-state index contributed by atoms with van der Waals surface area (Å²) >= 11 is 1.46. The summed E-state index contributed by atoms with van der Waals surface area (Å²) < 4.78 is 15.6. The maximum atomic E-state index is 11.3. The van der Waals surface area contributed by atoms with Crippen molar-refractivity contribution in [1.29, 1.82) is 0 Å². The number of nitrogens with one attached hydrogen (secondary N) is 1. The van der Waals surface area contributed by atoms with Gasteiger partial charge in [0.25, 0.3) is 0 Å². The van der Waals surface area contributed by atoms with Crippen molar-refractivity contribution in [1.82, 2.24) is 4.37 Å². The smallest absolute Gasteiger partial charge is 0.117 e. The van der Waals surface area contributed by atoms with Crippen LogP contribution in [0.5, 0.6) is 0 Å². The van der Waals surface area contributed by atoms with Gasteiger partial charge >= 0.3 is 0 Å². The second-order valence-electron chi connectivity index (χ2n) is 3.39. The molecule has 0 amide bonds. The molecule has 16 heavy (non-hydrogen) atoms. The van der Waals surface area contributed by atoms with Gasteiger partial charge in [0.05, 0.1) is 5.52 Å². The van der Waals surface area contributed by atoms with Crippen LogP contribution in [-0.4, -0.2) is 26.6 Å². The lowest BCUT2D eigenvalue weighted by Gasteiger charge is -2.02. The zero-order chi connectivity index (χ0) is 11.4. The Morgan fingerprint density at radius 2 is 2.25 bits per heavy atom. The van der Waals surface area contributed by atoms with Gasteiger partial charge in [-0.3, -0.25) is 4.21 Å². The van der Waals surface area contributed by atoms with Gasteiger partial charge in [0.1, 0.15) is 5.00 Å². The van der Waals surface area contributed by atoms with Crippen molar-refractivity contribution < 1.29 is 4.21 Å². The lowest BCUT2D eigenvalue weighted by molar-refractivity contribution is 0.684. The zero-order valence-corrected chi connectivity index (χ0v) is 10.7. The van der Waals surface area contributed by atoms with Gasteiger partial charge in [-0.15, -0.1) is 0 Å². The van der Waals surface area contributed by atoms with Crippen LogP contribution in [0.4, 0.5) is 5.00 Å². The van der Waals surface area contributed by atoms with E-state index in [9.17, 15) is 4.21 Å². The Morgan fingerprint density at radius 3 is 3.06 bits per heavy atom. The SMILES string of the molecule is CCS(=O)CCNc1snc2ccccc12. The second kappa shape index (κ2) is 5.41. The molecule has 2 rings (SSSR count). The molecule has 86 valence electrons. The van der Waals surface area contributed by atoms with Crippen molar-refractivity contribution in [3.63, 3.8) is 0 Å². The molecule has 0 fully saturated rings. The predicted octanol–water partition coefficient (Wildman–Crippen LogP) is 2.48. The van der Waals surface area contributed by atoms with Gasteiger partial charge in [-0.25, -0.2) is 0 Å². The number of benzene rings is 1. The lowest BCUT2D eigenvalue weighted by atomic mass is 10.2. The quantitative estimate of drug-likeness (QED) is 0.891. The first kappa shape index (κ1) is 11.5. The molecular formula is C11H14N2OS2. The molecule has 1 unspecified atom stereocenters. The number of hydrogen-bond acceptors (Lipinski definition) is 4. The molecule has 1 heterocycles. The summed E-state index contributed by atoms with van der Waals surface area (Å²) in [6, 6.07) is 8.04. The van der Waals surface area contributed by atoms with E-state index in [1.165, 1.54) is 11.5 Å². The van der Waals surface area contributed by atoms with Gasteiger partial charge in [0.15, 0.2) is 0 Å². The fraction of sp³-hybridized carbons (Fsp3) is 0.364. The number of nitrogens with zero attached hydrogens (tertiary/aromatic N) is 1. The number of hydrogen-bond donors (Lipinski definition) is 1. The highest BCUT2D eigenvalue weighted by Gasteiger charge is 2.04. The second-order valence-corrected chi connectivity index (χ2v) is 6.03. The van der Waals surface area contributed by atoms with Crippen molar-refractivity contribution in [2.75, 3.05) is 23.4 Å². The van der Waals surface area contributed by atoms with Gasteiger partial charge in [0.2, 0.25) is 0 Å². The van der Waals surface area contributed by atoms with E-state index in [1.807, 2.05) is 25.1 Å². The van der Waals surface area contributed by atoms with Gasteiger partial charge in [0, 0.05) is 34.2 Å². The molecule has 0 spiro atoms. The molecule has 0 aliphatic heterocycles. The van der Waals surface area contributed by atoms with E-state index < -0.39 is 10.8 Å². The van der Waals surface area contributed by atoms with Crippen molar-refractivity contribution in [3.8, 4) is 0 Å². The molecule has 0 saturated carbocycles. The summed E-state index contributed by atoms with van der Waals surface area (Å²) in [4.78, 5) is 0. The van der Waals surface area contributed by atoms with Crippen molar-refractivity contribution >= 4 is 38.2 Å². The predicted molar refractivity (Wildman–Crippen MR) is 71.7 cm³/mol. The van der Waals surface area contributed by atoms with Gasteiger partial charge in [-0.1, -0.05) is 19.1 Å². The summed E-state index contributed by atoms with van der Waals surface area (Å²) in [5.74, 6) is 1.42. The van der Waals surface area contributed by atoms with Crippen LogP contribution in [0.15, 0.2) is 24.3 Å². The largest absolute Gasteiger partial charge is 0.374 e.